The van der Waals surface area contributed by atoms with Gasteiger partial charge in [-0.3, -0.25) is 0 Å². The number of aromatic amines is 1. The number of fused-ring (bicyclic) bond motifs is 1. The van der Waals surface area contributed by atoms with Crippen LogP contribution in [0.1, 0.15) is 44.9 Å². The number of imidazole rings is 1. The highest BCUT2D eigenvalue weighted by Crippen LogP contribution is 2.28. The van der Waals surface area contributed by atoms with E-state index in [4.69, 9.17) is 14.9 Å². The molecule has 4 N–H and O–H groups in total. The van der Waals surface area contributed by atoms with Gasteiger partial charge in [0.25, 0.3) is 0 Å². The lowest BCUT2D eigenvalue weighted by Crippen LogP contribution is -2.33. The molecule has 12 heteroatoms. The maximum Gasteiger partial charge on any atom is 0.245 e. The van der Waals surface area contributed by atoms with E-state index in [9.17, 15) is 8.42 Å². The van der Waals surface area contributed by atoms with Gasteiger partial charge in [0.2, 0.25) is 21.9 Å². The highest BCUT2D eigenvalue weighted by molar-refractivity contribution is 7.89. The lowest BCUT2D eigenvalue weighted by atomic mass is 9.90. The Kier molecular flexibility index (Phi) is 9.08. The number of sulfonamides is 1. The van der Waals surface area contributed by atoms with Crippen LogP contribution < -0.4 is 10.1 Å². The SMILES string of the molecule is O=S(=O)(c1ccc(Nc2nc(OCC3CCCCC3)c3[nH]cnc3n2)cc1)N(CCCO)CCCO. The molecule has 0 bridgehead atoms. The van der Waals surface area contributed by atoms with E-state index in [0.29, 0.717) is 54.0 Å². The number of hydrogen-bond donors (Lipinski definition) is 4. The maximum atomic E-state index is 13.1. The molecule has 1 aromatic carbocycles. The van der Waals surface area contributed by atoms with E-state index >= 15 is 0 Å². The van der Waals surface area contributed by atoms with E-state index in [0.717, 1.165) is 12.8 Å². The summed E-state index contributed by atoms with van der Waals surface area (Å²) in [5.41, 5.74) is 1.73. The van der Waals surface area contributed by atoms with Crippen LogP contribution in [0.2, 0.25) is 0 Å². The Morgan fingerprint density at radius 1 is 1.03 bits per heavy atom. The average molecular weight is 519 g/mol. The first-order valence-electron chi connectivity index (χ1n) is 12.4. The molecule has 1 aliphatic carbocycles. The Labute approximate surface area is 211 Å². The predicted octanol–water partition coefficient (Wildman–Crippen LogP) is 2.81. The molecule has 0 aliphatic heterocycles. The summed E-state index contributed by atoms with van der Waals surface area (Å²) in [6.45, 7) is 0.738. The van der Waals surface area contributed by atoms with Gasteiger partial charge in [-0.05, 0) is 55.9 Å². The van der Waals surface area contributed by atoms with E-state index < -0.39 is 10.0 Å². The fraction of sp³-hybridized carbons (Fsp3) is 0.542. The van der Waals surface area contributed by atoms with Crippen LogP contribution in [0.3, 0.4) is 0 Å². The van der Waals surface area contributed by atoms with E-state index in [-0.39, 0.29) is 31.2 Å². The van der Waals surface area contributed by atoms with Crippen LogP contribution in [0, 0.1) is 5.92 Å². The van der Waals surface area contributed by atoms with Crippen molar-refractivity contribution in [3.05, 3.63) is 30.6 Å². The zero-order chi connectivity index (χ0) is 25.4. The number of aromatic nitrogens is 4. The average Bonchev–Trinajstić information content (AvgIpc) is 3.37. The molecule has 3 aromatic rings. The molecule has 0 amide bonds. The van der Waals surface area contributed by atoms with Crippen LogP contribution >= 0.6 is 0 Å². The first-order valence-corrected chi connectivity index (χ1v) is 13.9. The van der Waals surface area contributed by atoms with Crippen molar-refractivity contribution in [1.29, 1.82) is 0 Å². The number of hydrogen-bond acceptors (Lipinski definition) is 9. The number of nitrogens with zero attached hydrogens (tertiary/aromatic N) is 4. The zero-order valence-corrected chi connectivity index (χ0v) is 21.1. The van der Waals surface area contributed by atoms with Gasteiger partial charge < -0.3 is 25.3 Å². The highest BCUT2D eigenvalue weighted by atomic mass is 32.2. The third-order valence-electron chi connectivity index (χ3n) is 6.31. The molecular weight excluding hydrogens is 484 g/mol. The predicted molar refractivity (Wildman–Crippen MR) is 136 cm³/mol. The third kappa shape index (κ3) is 6.49. The second kappa shape index (κ2) is 12.4. The van der Waals surface area contributed by atoms with Crippen LogP contribution in [-0.4, -0.2) is 75.8 Å². The topological polar surface area (TPSA) is 154 Å². The van der Waals surface area contributed by atoms with Gasteiger partial charge in [0.15, 0.2) is 5.65 Å². The minimum absolute atomic E-state index is 0.110. The molecule has 0 radical (unpaired) electrons. The molecule has 0 atom stereocenters. The first kappa shape index (κ1) is 26.3. The highest BCUT2D eigenvalue weighted by Gasteiger charge is 2.24. The van der Waals surface area contributed by atoms with Crippen molar-refractivity contribution in [2.45, 2.75) is 49.8 Å². The molecule has 196 valence electrons. The quantitative estimate of drug-likeness (QED) is 0.267. The van der Waals surface area contributed by atoms with E-state index in [1.54, 1.807) is 18.5 Å². The largest absolute Gasteiger partial charge is 0.476 e. The summed E-state index contributed by atoms with van der Waals surface area (Å²) in [4.78, 5) is 16.4. The third-order valence-corrected chi connectivity index (χ3v) is 8.23. The van der Waals surface area contributed by atoms with E-state index in [1.807, 2.05) is 0 Å². The molecule has 1 fully saturated rings. The molecule has 4 rings (SSSR count). The molecule has 2 heterocycles. The molecule has 0 saturated heterocycles. The maximum absolute atomic E-state index is 13.1. The Balaban J connectivity index is 1.48. The molecule has 36 heavy (non-hydrogen) atoms. The van der Waals surface area contributed by atoms with Crippen molar-refractivity contribution in [3.63, 3.8) is 0 Å². The molecule has 0 spiro atoms. The standard InChI is InChI=1S/C24H34N6O5S/c31-14-4-12-30(13-5-15-32)36(33,34)20-10-8-19(9-11-20)27-24-28-22-21(25-17-26-22)23(29-24)35-16-18-6-2-1-3-7-18/h8-11,17-18,31-32H,1-7,12-16H2,(H2,25,26,27,28,29). The Morgan fingerprint density at radius 2 is 1.72 bits per heavy atom. The van der Waals surface area contributed by atoms with Crippen molar-refractivity contribution in [2.24, 2.45) is 5.92 Å². The van der Waals surface area contributed by atoms with Crippen molar-refractivity contribution in [1.82, 2.24) is 24.2 Å². The molecule has 11 nitrogen and oxygen atoms in total. The molecule has 1 saturated carbocycles. The van der Waals surface area contributed by atoms with Gasteiger partial charge in [0.05, 0.1) is 17.8 Å². The Hall–Kier alpha value is -2.80. The number of benzene rings is 1. The number of aliphatic hydroxyl groups excluding tert-OH is 2. The van der Waals surface area contributed by atoms with Crippen molar-refractivity contribution < 1.29 is 23.4 Å². The van der Waals surface area contributed by atoms with Crippen LogP contribution in [0.25, 0.3) is 11.2 Å². The fourth-order valence-corrected chi connectivity index (χ4v) is 5.87. The van der Waals surface area contributed by atoms with E-state index in [2.05, 4.69) is 25.3 Å². The van der Waals surface area contributed by atoms with Gasteiger partial charge in [-0.2, -0.15) is 14.3 Å². The van der Waals surface area contributed by atoms with Gasteiger partial charge in [0, 0.05) is 32.0 Å². The number of rotatable bonds is 13. The van der Waals surface area contributed by atoms with Gasteiger partial charge in [-0.25, -0.2) is 13.4 Å². The van der Waals surface area contributed by atoms with Crippen molar-refractivity contribution >= 4 is 32.8 Å². The summed E-state index contributed by atoms with van der Waals surface area (Å²) in [6.07, 6.45) is 8.27. The summed E-state index contributed by atoms with van der Waals surface area (Å²) in [7, 11) is -3.76. The van der Waals surface area contributed by atoms with Gasteiger partial charge in [-0.15, -0.1) is 0 Å². The number of H-pyrrole nitrogens is 1. The first-order chi connectivity index (χ1) is 17.5. The van der Waals surface area contributed by atoms with Gasteiger partial charge in [-0.1, -0.05) is 19.3 Å². The monoisotopic (exact) mass is 518 g/mol. The summed E-state index contributed by atoms with van der Waals surface area (Å²) in [6, 6.07) is 6.31. The number of anilines is 2. The minimum atomic E-state index is -3.76. The van der Waals surface area contributed by atoms with Gasteiger partial charge >= 0.3 is 0 Å². The molecule has 2 aromatic heterocycles. The number of nitrogens with one attached hydrogen (secondary N) is 2. The number of ether oxygens (including phenoxy) is 1. The van der Waals surface area contributed by atoms with Gasteiger partial charge in [0.1, 0.15) is 5.52 Å². The Morgan fingerprint density at radius 3 is 2.39 bits per heavy atom. The normalized spacial score (nSPS) is 15.0. The van der Waals surface area contributed by atoms with E-state index in [1.165, 1.54) is 35.7 Å². The Bertz CT molecular complexity index is 1200. The molecule has 0 unspecified atom stereocenters. The minimum Gasteiger partial charge on any atom is -0.476 e. The lowest BCUT2D eigenvalue weighted by molar-refractivity contribution is 0.205. The molecular formula is C24H34N6O5S. The summed E-state index contributed by atoms with van der Waals surface area (Å²) in [5, 5.41) is 21.3. The lowest BCUT2D eigenvalue weighted by Gasteiger charge is -2.22. The summed E-state index contributed by atoms with van der Waals surface area (Å²) < 4.78 is 33.5. The zero-order valence-electron chi connectivity index (χ0n) is 20.3. The second-order valence-electron chi connectivity index (χ2n) is 8.98. The summed E-state index contributed by atoms with van der Waals surface area (Å²) in [5.74, 6) is 1.26. The summed E-state index contributed by atoms with van der Waals surface area (Å²) >= 11 is 0. The fourth-order valence-electron chi connectivity index (χ4n) is 4.35. The van der Waals surface area contributed by atoms with Crippen LogP contribution in [-0.2, 0) is 10.0 Å². The van der Waals surface area contributed by atoms with Crippen LogP contribution in [0.4, 0.5) is 11.6 Å². The van der Waals surface area contributed by atoms with Crippen molar-refractivity contribution in [2.75, 3.05) is 38.2 Å². The molecule has 1 aliphatic rings. The van der Waals surface area contributed by atoms with Crippen molar-refractivity contribution in [3.8, 4) is 5.88 Å². The number of aliphatic hydroxyl groups is 2. The second-order valence-corrected chi connectivity index (χ2v) is 10.9. The van der Waals surface area contributed by atoms with Crippen LogP contribution in [0.15, 0.2) is 35.5 Å². The smallest absolute Gasteiger partial charge is 0.245 e. The van der Waals surface area contributed by atoms with Crippen LogP contribution in [0.5, 0.6) is 5.88 Å².